The van der Waals surface area contributed by atoms with Crippen LogP contribution in [0.2, 0.25) is 0 Å². The van der Waals surface area contributed by atoms with Crippen molar-refractivity contribution in [1.82, 2.24) is 39.3 Å². The van der Waals surface area contributed by atoms with Crippen molar-refractivity contribution in [2.45, 2.75) is 65.1 Å². The quantitative estimate of drug-likeness (QED) is 0.174. The summed E-state index contributed by atoms with van der Waals surface area (Å²) in [6.45, 7) is 2.55. The summed E-state index contributed by atoms with van der Waals surface area (Å²) < 4.78 is 9.37. The molecular formula is C31H34N8O4. The third-order valence-electron chi connectivity index (χ3n) is 7.98. The highest BCUT2D eigenvalue weighted by molar-refractivity contribution is 5.80. The predicted molar refractivity (Wildman–Crippen MR) is 160 cm³/mol. The van der Waals surface area contributed by atoms with Gasteiger partial charge in [0, 0.05) is 25.1 Å². The highest BCUT2D eigenvalue weighted by Gasteiger charge is 2.28. The Balaban J connectivity index is 1.43. The maximum atomic E-state index is 13.9. The van der Waals surface area contributed by atoms with E-state index in [4.69, 9.17) is 9.72 Å². The standard InChI is InChI=1S/C31H34N8O4/c1-3-4-5-10-25-32-29-27(30(41)39(18-20-11-12-20)31(42)38(29)19-26(40)43-2)37(25)17-21-13-15-22(16-14-21)23-8-6-7-9-24(23)28-33-35-36-34-28/h6-9,13-16,20H,3-5,10-12,17-19H2,1-2H3,(H,33,34,35,36). The third-order valence-corrected chi connectivity index (χ3v) is 7.98. The lowest BCUT2D eigenvalue weighted by atomic mass is 9.98. The number of methoxy groups -OCH3 is 1. The predicted octanol–water partition coefficient (Wildman–Crippen LogP) is 3.57. The molecule has 1 fully saturated rings. The summed E-state index contributed by atoms with van der Waals surface area (Å²) in [6.07, 6.45) is 5.54. The van der Waals surface area contributed by atoms with Crippen LogP contribution in [0.5, 0.6) is 0 Å². The Morgan fingerprint density at radius 3 is 2.44 bits per heavy atom. The molecule has 0 bridgehead atoms. The zero-order valence-corrected chi connectivity index (χ0v) is 24.3. The highest BCUT2D eigenvalue weighted by atomic mass is 16.5. The fourth-order valence-electron chi connectivity index (χ4n) is 5.47. The molecule has 1 saturated carbocycles. The number of tetrazole rings is 1. The van der Waals surface area contributed by atoms with Crippen LogP contribution in [0.25, 0.3) is 33.7 Å². The normalized spacial score (nSPS) is 13.1. The molecule has 1 aliphatic carbocycles. The van der Waals surface area contributed by atoms with E-state index in [1.165, 1.54) is 16.2 Å². The first-order chi connectivity index (χ1) is 21.0. The maximum absolute atomic E-state index is 13.9. The number of nitrogens with one attached hydrogen (secondary N) is 1. The van der Waals surface area contributed by atoms with Gasteiger partial charge in [-0.15, -0.1) is 5.10 Å². The van der Waals surface area contributed by atoms with E-state index >= 15 is 0 Å². The van der Waals surface area contributed by atoms with Gasteiger partial charge in [-0.3, -0.25) is 18.7 Å². The molecule has 1 aliphatic rings. The summed E-state index contributed by atoms with van der Waals surface area (Å²) in [5.74, 6) is 1.02. The van der Waals surface area contributed by atoms with Gasteiger partial charge in [-0.2, -0.15) is 0 Å². The summed E-state index contributed by atoms with van der Waals surface area (Å²) in [6, 6.07) is 16.0. The smallest absolute Gasteiger partial charge is 0.333 e. The number of hydrogen-bond acceptors (Lipinski definition) is 8. The Labute approximate surface area is 247 Å². The maximum Gasteiger partial charge on any atom is 0.333 e. The molecule has 0 amide bonds. The molecule has 0 aliphatic heterocycles. The van der Waals surface area contributed by atoms with Crippen molar-refractivity contribution in [2.24, 2.45) is 5.92 Å². The molecule has 1 N–H and O–H groups in total. The molecule has 12 nitrogen and oxygen atoms in total. The molecule has 2 aromatic carbocycles. The van der Waals surface area contributed by atoms with Crippen LogP contribution in [-0.2, 0) is 35.6 Å². The number of carbonyl (C=O) groups is 1. The van der Waals surface area contributed by atoms with E-state index < -0.39 is 11.7 Å². The number of esters is 1. The van der Waals surface area contributed by atoms with Crippen LogP contribution in [0.15, 0.2) is 58.1 Å². The zero-order valence-electron chi connectivity index (χ0n) is 24.3. The first-order valence-electron chi connectivity index (χ1n) is 14.7. The first kappa shape index (κ1) is 28.3. The van der Waals surface area contributed by atoms with Crippen molar-refractivity contribution in [1.29, 1.82) is 0 Å². The second-order valence-corrected chi connectivity index (χ2v) is 11.0. The topological polar surface area (TPSA) is 143 Å². The lowest BCUT2D eigenvalue weighted by molar-refractivity contribution is -0.141. The number of carbonyl (C=O) groups excluding carboxylic acids is 1. The SMILES string of the molecule is CCCCCc1nc2c(c(=O)n(CC3CC3)c(=O)n2CC(=O)OC)n1Cc1ccc(-c2ccccc2-c2nnn[nH]2)cc1. The van der Waals surface area contributed by atoms with E-state index in [1.807, 2.05) is 53.1 Å². The van der Waals surface area contributed by atoms with Crippen LogP contribution >= 0.6 is 0 Å². The number of rotatable bonds is 12. The van der Waals surface area contributed by atoms with Gasteiger partial charge < -0.3 is 9.30 Å². The average Bonchev–Trinajstić information content (AvgIpc) is 3.54. The van der Waals surface area contributed by atoms with Gasteiger partial charge >= 0.3 is 11.7 Å². The molecule has 3 aromatic heterocycles. The molecule has 0 unspecified atom stereocenters. The van der Waals surface area contributed by atoms with Crippen LogP contribution in [0, 0.1) is 5.92 Å². The Morgan fingerprint density at radius 2 is 1.77 bits per heavy atom. The summed E-state index contributed by atoms with van der Waals surface area (Å²) >= 11 is 0. The summed E-state index contributed by atoms with van der Waals surface area (Å²) in [4.78, 5) is 44.6. The van der Waals surface area contributed by atoms with Crippen molar-refractivity contribution >= 4 is 17.1 Å². The summed E-state index contributed by atoms with van der Waals surface area (Å²) in [5.41, 5.74) is 3.51. The van der Waals surface area contributed by atoms with Gasteiger partial charge in [0.2, 0.25) is 0 Å². The number of benzene rings is 2. The van der Waals surface area contributed by atoms with Gasteiger partial charge in [0.25, 0.3) is 5.56 Å². The van der Waals surface area contributed by atoms with Gasteiger partial charge in [-0.25, -0.2) is 14.9 Å². The van der Waals surface area contributed by atoms with Gasteiger partial charge in [0.05, 0.1) is 7.11 Å². The number of fused-ring (bicyclic) bond motifs is 1. The monoisotopic (exact) mass is 582 g/mol. The molecule has 5 aromatic rings. The second-order valence-electron chi connectivity index (χ2n) is 11.0. The molecule has 0 radical (unpaired) electrons. The van der Waals surface area contributed by atoms with Crippen LogP contribution in [0.4, 0.5) is 0 Å². The number of ether oxygens (including phenoxy) is 1. The fraction of sp³-hybridized carbons (Fsp3) is 0.387. The van der Waals surface area contributed by atoms with Crippen molar-refractivity contribution in [2.75, 3.05) is 7.11 Å². The minimum Gasteiger partial charge on any atom is -0.468 e. The minimum absolute atomic E-state index is 0.227. The van der Waals surface area contributed by atoms with E-state index in [2.05, 4.69) is 27.5 Å². The summed E-state index contributed by atoms with van der Waals surface area (Å²) in [5, 5.41) is 14.3. The molecule has 43 heavy (non-hydrogen) atoms. The number of aryl methyl sites for hydroxylation is 1. The fourth-order valence-corrected chi connectivity index (χ4v) is 5.47. The highest BCUT2D eigenvalue weighted by Crippen LogP contribution is 2.31. The van der Waals surface area contributed by atoms with E-state index in [-0.39, 0.29) is 23.7 Å². The lowest BCUT2D eigenvalue weighted by Crippen LogP contribution is -2.42. The molecule has 0 atom stereocenters. The van der Waals surface area contributed by atoms with E-state index in [1.54, 1.807) is 0 Å². The van der Waals surface area contributed by atoms with Gasteiger partial charge in [0.1, 0.15) is 12.4 Å². The van der Waals surface area contributed by atoms with E-state index in [0.717, 1.165) is 60.2 Å². The van der Waals surface area contributed by atoms with Crippen molar-refractivity contribution in [3.8, 4) is 22.5 Å². The van der Waals surface area contributed by atoms with Crippen molar-refractivity contribution < 1.29 is 9.53 Å². The Morgan fingerprint density at radius 1 is 1.00 bits per heavy atom. The van der Waals surface area contributed by atoms with Crippen LogP contribution in [0.3, 0.4) is 0 Å². The van der Waals surface area contributed by atoms with E-state index in [9.17, 15) is 14.4 Å². The number of H-pyrrole nitrogens is 1. The number of aromatic amines is 1. The number of nitrogens with zero attached hydrogens (tertiary/aromatic N) is 7. The minimum atomic E-state index is -0.570. The molecular weight excluding hydrogens is 548 g/mol. The third kappa shape index (κ3) is 5.77. The number of unbranched alkanes of at least 4 members (excludes halogenated alkanes) is 2. The lowest BCUT2D eigenvalue weighted by Gasteiger charge is -2.13. The number of hydrogen-bond donors (Lipinski definition) is 1. The molecule has 0 saturated heterocycles. The Kier molecular flexibility index (Phi) is 7.99. The van der Waals surface area contributed by atoms with Gasteiger partial charge in [-0.1, -0.05) is 68.3 Å². The van der Waals surface area contributed by atoms with Crippen LogP contribution < -0.4 is 11.2 Å². The van der Waals surface area contributed by atoms with Crippen molar-refractivity contribution in [3.05, 3.63) is 80.8 Å². The number of imidazole rings is 1. The average molecular weight is 583 g/mol. The van der Waals surface area contributed by atoms with Crippen molar-refractivity contribution in [3.63, 3.8) is 0 Å². The molecule has 222 valence electrons. The molecule has 6 rings (SSSR count). The molecule has 12 heteroatoms. The Bertz CT molecular complexity index is 1870. The largest absolute Gasteiger partial charge is 0.468 e. The van der Waals surface area contributed by atoms with E-state index in [0.29, 0.717) is 30.9 Å². The number of aromatic nitrogens is 8. The molecule has 3 heterocycles. The summed E-state index contributed by atoms with van der Waals surface area (Å²) in [7, 11) is 1.28. The van der Waals surface area contributed by atoms with Crippen LogP contribution in [-0.4, -0.2) is 52.4 Å². The second kappa shape index (κ2) is 12.2. The first-order valence-corrected chi connectivity index (χ1v) is 14.7. The van der Waals surface area contributed by atoms with Gasteiger partial charge in [0.15, 0.2) is 17.0 Å². The van der Waals surface area contributed by atoms with Gasteiger partial charge in [-0.05, 0) is 52.3 Å². The zero-order chi connectivity index (χ0) is 29.9. The Hall–Kier alpha value is -4.87. The molecule has 0 spiro atoms. The van der Waals surface area contributed by atoms with Crippen LogP contribution in [0.1, 0.15) is 50.4 Å².